The third-order valence-corrected chi connectivity index (χ3v) is 3.69. The Balaban J connectivity index is 2.37. The van der Waals surface area contributed by atoms with E-state index in [2.05, 4.69) is 0 Å². The predicted octanol–water partition coefficient (Wildman–Crippen LogP) is 2.69. The lowest BCUT2D eigenvalue weighted by Crippen LogP contribution is -2.04. The van der Waals surface area contributed by atoms with Crippen LogP contribution in [0.25, 0.3) is 0 Å². The first-order chi connectivity index (χ1) is 6.70. The number of carboxylic acids is 1. The van der Waals surface area contributed by atoms with Crippen LogP contribution in [0.3, 0.4) is 0 Å². The van der Waals surface area contributed by atoms with Gasteiger partial charge in [-0.25, -0.2) is 4.79 Å². The van der Waals surface area contributed by atoms with Crippen molar-refractivity contribution < 1.29 is 9.90 Å². The van der Waals surface area contributed by atoms with Crippen LogP contribution in [0.1, 0.15) is 47.5 Å². The van der Waals surface area contributed by atoms with Crippen molar-refractivity contribution in [3.8, 4) is 0 Å². The minimum absolute atomic E-state index is 0.349. The van der Waals surface area contributed by atoms with E-state index in [9.17, 15) is 4.79 Å². The second-order valence-corrected chi connectivity index (χ2v) is 4.63. The standard InChI is InChI=1S/C10H13NO2S/c11-9-8(10(12)13)7(5-14-9)6-3-1-2-4-6/h5-6H,1-4,11H2,(H,12,13). The molecular formula is C10H13NO2S. The van der Waals surface area contributed by atoms with E-state index < -0.39 is 5.97 Å². The van der Waals surface area contributed by atoms with Gasteiger partial charge in [-0.05, 0) is 29.7 Å². The van der Waals surface area contributed by atoms with Crippen molar-refractivity contribution in [1.29, 1.82) is 0 Å². The maximum Gasteiger partial charge on any atom is 0.338 e. The van der Waals surface area contributed by atoms with Crippen LogP contribution < -0.4 is 5.73 Å². The van der Waals surface area contributed by atoms with Crippen LogP contribution in [0, 0.1) is 0 Å². The van der Waals surface area contributed by atoms with Crippen LogP contribution in [-0.2, 0) is 0 Å². The summed E-state index contributed by atoms with van der Waals surface area (Å²) >= 11 is 1.34. The zero-order valence-corrected chi connectivity index (χ0v) is 8.64. The molecular weight excluding hydrogens is 198 g/mol. The molecule has 2 rings (SSSR count). The van der Waals surface area contributed by atoms with Gasteiger partial charge in [0, 0.05) is 0 Å². The molecule has 0 bridgehead atoms. The zero-order valence-electron chi connectivity index (χ0n) is 7.82. The van der Waals surface area contributed by atoms with Crippen LogP contribution >= 0.6 is 11.3 Å². The highest BCUT2D eigenvalue weighted by Crippen LogP contribution is 2.39. The van der Waals surface area contributed by atoms with Gasteiger partial charge in [-0.15, -0.1) is 11.3 Å². The molecule has 0 aromatic carbocycles. The van der Waals surface area contributed by atoms with Gasteiger partial charge in [-0.3, -0.25) is 0 Å². The van der Waals surface area contributed by atoms with E-state index in [0.717, 1.165) is 18.4 Å². The molecule has 0 radical (unpaired) electrons. The van der Waals surface area contributed by atoms with Gasteiger partial charge in [0.2, 0.25) is 0 Å². The van der Waals surface area contributed by atoms with Crippen LogP contribution in [0.2, 0.25) is 0 Å². The van der Waals surface area contributed by atoms with Crippen LogP contribution in [0.4, 0.5) is 5.00 Å². The predicted molar refractivity (Wildman–Crippen MR) is 56.9 cm³/mol. The monoisotopic (exact) mass is 211 g/mol. The average Bonchev–Trinajstić information content (AvgIpc) is 2.70. The molecule has 1 aromatic rings. The second kappa shape index (κ2) is 3.61. The minimum atomic E-state index is -0.884. The molecule has 76 valence electrons. The van der Waals surface area contributed by atoms with Gasteiger partial charge in [0.1, 0.15) is 5.00 Å². The van der Waals surface area contributed by atoms with E-state index in [1.165, 1.54) is 24.2 Å². The van der Waals surface area contributed by atoms with E-state index >= 15 is 0 Å². The number of nitrogen functional groups attached to an aromatic ring is 1. The summed E-state index contributed by atoms with van der Waals surface area (Å²) < 4.78 is 0. The Hall–Kier alpha value is -1.03. The van der Waals surface area contributed by atoms with E-state index in [1.54, 1.807) is 0 Å². The Morgan fingerprint density at radius 2 is 2.14 bits per heavy atom. The molecule has 0 atom stereocenters. The molecule has 1 heterocycles. The first-order valence-corrected chi connectivity index (χ1v) is 5.68. The normalized spacial score (nSPS) is 17.4. The topological polar surface area (TPSA) is 63.3 Å². The molecule has 0 spiro atoms. The first kappa shape index (κ1) is 9.52. The number of nitrogens with two attached hydrogens (primary N) is 1. The van der Waals surface area contributed by atoms with Crippen molar-refractivity contribution in [2.24, 2.45) is 0 Å². The summed E-state index contributed by atoms with van der Waals surface area (Å²) in [5.41, 5.74) is 6.95. The van der Waals surface area contributed by atoms with E-state index in [0.29, 0.717) is 16.5 Å². The number of rotatable bonds is 2. The molecule has 14 heavy (non-hydrogen) atoms. The van der Waals surface area contributed by atoms with Crippen molar-refractivity contribution in [1.82, 2.24) is 0 Å². The van der Waals surface area contributed by atoms with Gasteiger partial charge >= 0.3 is 5.97 Å². The third-order valence-electron chi connectivity index (χ3n) is 2.86. The van der Waals surface area contributed by atoms with Crippen molar-refractivity contribution in [2.75, 3.05) is 5.73 Å². The smallest absolute Gasteiger partial charge is 0.338 e. The molecule has 1 aromatic heterocycles. The van der Waals surface area contributed by atoms with E-state index in [-0.39, 0.29) is 0 Å². The molecule has 4 heteroatoms. The molecule has 3 nitrogen and oxygen atoms in total. The summed E-state index contributed by atoms with van der Waals surface area (Å²) in [4.78, 5) is 11.0. The molecule has 1 fully saturated rings. The zero-order chi connectivity index (χ0) is 10.1. The number of hydrogen-bond donors (Lipinski definition) is 2. The molecule has 0 amide bonds. The fraction of sp³-hybridized carbons (Fsp3) is 0.500. The molecule has 3 N–H and O–H groups in total. The summed E-state index contributed by atoms with van der Waals surface area (Å²) in [5, 5.41) is 11.4. The summed E-state index contributed by atoms with van der Waals surface area (Å²) in [6.07, 6.45) is 4.63. The van der Waals surface area contributed by atoms with Gasteiger partial charge in [-0.2, -0.15) is 0 Å². The molecule has 1 aliphatic rings. The number of anilines is 1. The molecule has 0 saturated heterocycles. The summed E-state index contributed by atoms with van der Waals surface area (Å²) in [6.45, 7) is 0. The SMILES string of the molecule is Nc1scc(C2CCCC2)c1C(=O)O. The molecule has 0 aliphatic heterocycles. The van der Waals surface area contributed by atoms with E-state index in [4.69, 9.17) is 10.8 Å². The van der Waals surface area contributed by atoms with Gasteiger partial charge in [0.15, 0.2) is 0 Å². The highest BCUT2D eigenvalue weighted by atomic mass is 32.1. The van der Waals surface area contributed by atoms with Crippen LogP contribution in [-0.4, -0.2) is 11.1 Å². The highest BCUT2D eigenvalue weighted by molar-refractivity contribution is 7.14. The Bertz CT molecular complexity index is 353. The fourth-order valence-electron chi connectivity index (χ4n) is 2.15. The largest absolute Gasteiger partial charge is 0.478 e. The lowest BCUT2D eigenvalue weighted by atomic mass is 9.96. The third kappa shape index (κ3) is 1.50. The molecule has 1 saturated carbocycles. The van der Waals surface area contributed by atoms with Crippen molar-refractivity contribution in [3.05, 3.63) is 16.5 Å². The summed E-state index contributed by atoms with van der Waals surface area (Å²) in [5.74, 6) is -0.458. The maximum absolute atomic E-state index is 11.0. The average molecular weight is 211 g/mol. The van der Waals surface area contributed by atoms with E-state index in [1.807, 2.05) is 5.38 Å². The molecule has 0 unspecified atom stereocenters. The number of thiophene rings is 1. The number of hydrogen-bond acceptors (Lipinski definition) is 3. The quantitative estimate of drug-likeness (QED) is 0.790. The Morgan fingerprint density at radius 1 is 1.50 bits per heavy atom. The van der Waals surface area contributed by atoms with Crippen LogP contribution in [0.15, 0.2) is 5.38 Å². The Kier molecular flexibility index (Phi) is 2.46. The minimum Gasteiger partial charge on any atom is -0.478 e. The van der Waals surface area contributed by atoms with Crippen molar-refractivity contribution in [2.45, 2.75) is 31.6 Å². The fourth-order valence-corrected chi connectivity index (χ4v) is 3.04. The van der Waals surface area contributed by atoms with Crippen LogP contribution in [0.5, 0.6) is 0 Å². The number of aromatic carboxylic acids is 1. The summed E-state index contributed by atoms with van der Waals surface area (Å²) in [7, 11) is 0. The lowest BCUT2D eigenvalue weighted by Gasteiger charge is -2.08. The maximum atomic E-state index is 11.0. The van der Waals surface area contributed by atoms with Gasteiger partial charge in [-0.1, -0.05) is 12.8 Å². The highest BCUT2D eigenvalue weighted by Gasteiger charge is 2.25. The van der Waals surface area contributed by atoms with Crippen molar-refractivity contribution in [3.63, 3.8) is 0 Å². The second-order valence-electron chi connectivity index (χ2n) is 3.72. The van der Waals surface area contributed by atoms with Gasteiger partial charge in [0.05, 0.1) is 5.56 Å². The number of carboxylic acid groups (broad SMARTS) is 1. The van der Waals surface area contributed by atoms with Gasteiger partial charge in [0.25, 0.3) is 0 Å². The van der Waals surface area contributed by atoms with Gasteiger partial charge < -0.3 is 10.8 Å². The van der Waals surface area contributed by atoms with Crippen molar-refractivity contribution >= 4 is 22.3 Å². The number of carbonyl (C=O) groups is 1. The summed E-state index contributed by atoms with van der Waals surface area (Å²) in [6, 6.07) is 0. The Labute approximate surface area is 86.6 Å². The Morgan fingerprint density at radius 3 is 2.71 bits per heavy atom. The lowest BCUT2D eigenvalue weighted by molar-refractivity contribution is 0.0697. The first-order valence-electron chi connectivity index (χ1n) is 4.80. The molecule has 1 aliphatic carbocycles.